The summed E-state index contributed by atoms with van der Waals surface area (Å²) in [5.74, 6) is 0. The minimum absolute atomic E-state index is 0.0201. The number of urea groups is 1. The maximum absolute atomic E-state index is 12.1. The van der Waals surface area contributed by atoms with E-state index >= 15 is 0 Å². The molecule has 3 rings (SSSR count). The van der Waals surface area contributed by atoms with Gasteiger partial charge in [0.05, 0.1) is 18.2 Å². The van der Waals surface area contributed by atoms with Gasteiger partial charge >= 0.3 is 6.03 Å². The molecule has 0 spiro atoms. The van der Waals surface area contributed by atoms with E-state index in [1.54, 1.807) is 6.33 Å². The van der Waals surface area contributed by atoms with E-state index in [0.29, 0.717) is 13.2 Å². The van der Waals surface area contributed by atoms with Crippen molar-refractivity contribution in [2.45, 2.75) is 38.5 Å². The third-order valence-electron chi connectivity index (χ3n) is 4.34. The molecule has 1 aromatic carbocycles. The topological polar surface area (TPSA) is 68.2 Å². The van der Waals surface area contributed by atoms with Gasteiger partial charge in [0.1, 0.15) is 6.10 Å². The zero-order valence-corrected chi connectivity index (χ0v) is 14.2. The number of hydrogen-bond acceptors (Lipinski definition) is 3. The molecule has 1 aliphatic rings. The van der Waals surface area contributed by atoms with E-state index in [0.717, 1.165) is 24.1 Å². The van der Waals surface area contributed by atoms with Crippen molar-refractivity contribution >= 4 is 6.03 Å². The van der Waals surface area contributed by atoms with Crippen LogP contribution < -0.4 is 10.6 Å². The van der Waals surface area contributed by atoms with Crippen molar-refractivity contribution in [3.63, 3.8) is 0 Å². The number of rotatable bonds is 4. The molecule has 1 fully saturated rings. The first-order valence-corrected chi connectivity index (χ1v) is 8.29. The van der Waals surface area contributed by atoms with Gasteiger partial charge in [-0.2, -0.15) is 0 Å². The summed E-state index contributed by atoms with van der Waals surface area (Å²) in [5, 5.41) is 5.98. The predicted molar refractivity (Wildman–Crippen MR) is 91.5 cm³/mol. The number of carbonyl (C=O) groups excluding carboxylic acids is 1. The number of ether oxygens (including phenoxy) is 1. The number of hydrogen-bond donors (Lipinski definition) is 2. The van der Waals surface area contributed by atoms with Crippen LogP contribution in [0.2, 0.25) is 0 Å². The fourth-order valence-electron chi connectivity index (χ4n) is 3.05. The molecule has 0 radical (unpaired) electrons. The van der Waals surface area contributed by atoms with Gasteiger partial charge in [0.25, 0.3) is 0 Å². The Morgan fingerprint density at radius 3 is 3.08 bits per heavy atom. The molecular formula is C18H24N4O2. The second-order valence-corrected chi connectivity index (χ2v) is 6.33. The number of aromatic nitrogens is 2. The molecule has 0 bridgehead atoms. The summed E-state index contributed by atoms with van der Waals surface area (Å²) < 4.78 is 7.79. The Bertz CT molecular complexity index is 698. The second kappa shape index (κ2) is 7.49. The Morgan fingerprint density at radius 2 is 2.33 bits per heavy atom. The van der Waals surface area contributed by atoms with Crippen LogP contribution in [0.25, 0.3) is 0 Å². The lowest BCUT2D eigenvalue weighted by atomic mass is 10.0. The summed E-state index contributed by atoms with van der Waals surface area (Å²) in [6.45, 7) is 3.21. The van der Waals surface area contributed by atoms with Crippen LogP contribution in [-0.2, 0) is 18.3 Å². The lowest BCUT2D eigenvalue weighted by Gasteiger charge is -2.30. The number of nitrogens with zero attached hydrogens (tertiary/aromatic N) is 2. The van der Waals surface area contributed by atoms with E-state index in [-0.39, 0.29) is 18.2 Å². The average molecular weight is 328 g/mol. The van der Waals surface area contributed by atoms with Crippen LogP contribution in [0.1, 0.15) is 35.8 Å². The smallest absolute Gasteiger partial charge is 0.315 e. The van der Waals surface area contributed by atoms with Gasteiger partial charge < -0.3 is 19.9 Å². The summed E-state index contributed by atoms with van der Waals surface area (Å²) in [6.07, 6.45) is 5.16. The van der Waals surface area contributed by atoms with Crippen LogP contribution in [0.15, 0.2) is 36.8 Å². The van der Waals surface area contributed by atoms with Crippen molar-refractivity contribution in [1.82, 2.24) is 20.2 Å². The van der Waals surface area contributed by atoms with Crippen molar-refractivity contribution < 1.29 is 9.53 Å². The normalized spacial score (nSPS) is 20.6. The number of carbonyl (C=O) groups is 1. The Balaban J connectivity index is 1.50. The first-order valence-electron chi connectivity index (χ1n) is 8.29. The number of imidazole rings is 1. The van der Waals surface area contributed by atoms with Crippen molar-refractivity contribution in [3.05, 3.63) is 53.6 Å². The number of nitrogens with one attached hydrogen (secondary N) is 2. The third kappa shape index (κ3) is 4.14. The van der Waals surface area contributed by atoms with Gasteiger partial charge in [-0.15, -0.1) is 0 Å². The lowest BCUT2D eigenvalue weighted by molar-refractivity contribution is -0.00178. The van der Waals surface area contributed by atoms with Gasteiger partial charge in [-0.3, -0.25) is 0 Å². The molecule has 2 N–H and O–H groups in total. The molecule has 24 heavy (non-hydrogen) atoms. The zero-order valence-electron chi connectivity index (χ0n) is 14.2. The first kappa shape index (κ1) is 16.5. The van der Waals surface area contributed by atoms with Crippen molar-refractivity contribution in [2.75, 3.05) is 6.61 Å². The molecule has 6 heteroatoms. The highest BCUT2D eigenvalue weighted by Crippen LogP contribution is 2.27. The van der Waals surface area contributed by atoms with E-state index in [1.807, 2.05) is 42.9 Å². The predicted octanol–water partition coefficient (Wildman–Crippen LogP) is 2.45. The summed E-state index contributed by atoms with van der Waals surface area (Å²) in [6, 6.07) is 8.11. The SMILES string of the molecule is Cc1cccc(CNC(=O)N[C@@H]2CCO[C@@H](c3cncn3C)C2)c1. The largest absolute Gasteiger partial charge is 0.372 e. The van der Waals surface area contributed by atoms with Crippen LogP contribution in [0.3, 0.4) is 0 Å². The molecule has 0 saturated carbocycles. The minimum Gasteiger partial charge on any atom is -0.372 e. The van der Waals surface area contributed by atoms with Crippen LogP contribution >= 0.6 is 0 Å². The van der Waals surface area contributed by atoms with Crippen LogP contribution in [-0.4, -0.2) is 28.2 Å². The van der Waals surface area contributed by atoms with Gasteiger partial charge in [0.15, 0.2) is 0 Å². The molecule has 2 heterocycles. The maximum atomic E-state index is 12.1. The van der Waals surface area contributed by atoms with E-state index in [9.17, 15) is 4.79 Å². The highest BCUT2D eigenvalue weighted by Gasteiger charge is 2.26. The molecule has 1 aromatic heterocycles. The molecule has 128 valence electrons. The van der Waals surface area contributed by atoms with Crippen molar-refractivity contribution in [1.29, 1.82) is 0 Å². The third-order valence-corrected chi connectivity index (χ3v) is 4.34. The van der Waals surface area contributed by atoms with Crippen molar-refractivity contribution in [3.8, 4) is 0 Å². The minimum atomic E-state index is -0.132. The van der Waals surface area contributed by atoms with Gasteiger partial charge in [-0.05, 0) is 25.3 Å². The van der Waals surface area contributed by atoms with Gasteiger partial charge in [-0.25, -0.2) is 9.78 Å². The summed E-state index contributed by atoms with van der Waals surface area (Å²) in [7, 11) is 1.96. The molecule has 1 saturated heterocycles. The van der Waals surface area contributed by atoms with Gasteiger partial charge in [0.2, 0.25) is 0 Å². The zero-order chi connectivity index (χ0) is 16.9. The number of amides is 2. The van der Waals surface area contributed by atoms with E-state index < -0.39 is 0 Å². The van der Waals surface area contributed by atoms with Crippen LogP contribution in [0.5, 0.6) is 0 Å². The van der Waals surface area contributed by atoms with Crippen molar-refractivity contribution in [2.24, 2.45) is 7.05 Å². The molecule has 0 unspecified atom stereocenters. The second-order valence-electron chi connectivity index (χ2n) is 6.33. The maximum Gasteiger partial charge on any atom is 0.315 e. The van der Waals surface area contributed by atoms with E-state index in [2.05, 4.69) is 21.7 Å². The van der Waals surface area contributed by atoms with Crippen LogP contribution in [0.4, 0.5) is 4.79 Å². The summed E-state index contributed by atoms with van der Waals surface area (Å²) >= 11 is 0. The molecular weight excluding hydrogens is 304 g/mol. The monoisotopic (exact) mass is 328 g/mol. The molecule has 2 aromatic rings. The Hall–Kier alpha value is -2.34. The summed E-state index contributed by atoms with van der Waals surface area (Å²) in [5.41, 5.74) is 3.34. The molecule has 2 amide bonds. The first-order chi connectivity index (χ1) is 11.6. The van der Waals surface area contributed by atoms with E-state index in [4.69, 9.17) is 4.74 Å². The van der Waals surface area contributed by atoms with Crippen LogP contribution in [0, 0.1) is 6.92 Å². The average Bonchev–Trinajstić information content (AvgIpc) is 2.99. The fourth-order valence-corrected chi connectivity index (χ4v) is 3.05. The summed E-state index contributed by atoms with van der Waals surface area (Å²) in [4.78, 5) is 16.3. The number of aryl methyl sites for hydroxylation is 2. The van der Waals surface area contributed by atoms with E-state index in [1.165, 1.54) is 5.56 Å². The Morgan fingerprint density at radius 1 is 1.46 bits per heavy atom. The molecule has 6 nitrogen and oxygen atoms in total. The molecule has 0 aliphatic carbocycles. The molecule has 1 aliphatic heterocycles. The van der Waals surface area contributed by atoms with Gasteiger partial charge in [0, 0.05) is 26.2 Å². The molecule has 2 atom stereocenters. The Kier molecular flexibility index (Phi) is 5.15. The van der Waals surface area contributed by atoms with Gasteiger partial charge in [-0.1, -0.05) is 29.8 Å². The standard InChI is InChI=1S/C18H24N4O2/c1-13-4-3-5-14(8-13)10-20-18(23)21-15-6-7-24-17(9-15)16-11-19-12-22(16)2/h3-5,8,11-12,15,17H,6-7,9-10H2,1-2H3,(H2,20,21,23)/t15-,17-/m1/s1. The quantitative estimate of drug-likeness (QED) is 0.906. The highest BCUT2D eigenvalue weighted by molar-refractivity contribution is 5.74. The lowest BCUT2D eigenvalue weighted by Crippen LogP contribution is -2.44. The number of benzene rings is 1. The fraction of sp³-hybridized carbons (Fsp3) is 0.444. The highest BCUT2D eigenvalue weighted by atomic mass is 16.5. The Labute approximate surface area is 142 Å².